The summed E-state index contributed by atoms with van der Waals surface area (Å²) in [5.74, 6) is -0.866. The number of nitrogens with two attached hydrogens (primary N) is 1. The second kappa shape index (κ2) is 42.1. The number of carbonyl (C=O) groups is 2. The third-order valence-corrected chi connectivity index (χ3v) is 9.81. The van der Waals surface area contributed by atoms with Crippen LogP contribution in [0.25, 0.3) is 0 Å². The molecule has 0 bridgehead atoms. The number of hydrogen-bond acceptors (Lipinski definition) is 8. The molecule has 2 unspecified atom stereocenters. The summed E-state index contributed by atoms with van der Waals surface area (Å²) in [5.41, 5.74) is 5.35. The zero-order valence-corrected chi connectivity index (χ0v) is 36.2. The van der Waals surface area contributed by atoms with E-state index in [1.807, 2.05) is 0 Å². The molecule has 10 heteroatoms. The van der Waals surface area contributed by atoms with Crippen molar-refractivity contribution in [3.63, 3.8) is 0 Å². The highest BCUT2D eigenvalue weighted by Crippen LogP contribution is 2.43. The van der Waals surface area contributed by atoms with Gasteiger partial charge in [0, 0.05) is 19.4 Å². The van der Waals surface area contributed by atoms with Gasteiger partial charge in [0.25, 0.3) is 0 Å². The topological polar surface area (TPSA) is 134 Å². The van der Waals surface area contributed by atoms with E-state index in [0.717, 1.165) is 103 Å². The number of carbonyl (C=O) groups excluding carboxylic acids is 2. The molecule has 0 aromatic carbocycles. The Kier molecular flexibility index (Phi) is 40.2. The Labute approximate surface area is 341 Å². The smallest absolute Gasteiger partial charge is 0.462 e. The van der Waals surface area contributed by atoms with Crippen LogP contribution in [0.15, 0.2) is 72.9 Å². The quantitative estimate of drug-likeness (QED) is 0.0268. The van der Waals surface area contributed by atoms with E-state index < -0.39 is 32.5 Å². The molecule has 322 valence electrons. The molecule has 3 N–H and O–H groups in total. The maximum atomic E-state index is 12.6. The molecule has 0 aliphatic heterocycles. The Balaban J connectivity index is 4.21. The summed E-state index contributed by atoms with van der Waals surface area (Å²) in [7, 11) is -4.39. The Morgan fingerprint density at radius 3 is 1.46 bits per heavy atom. The number of phosphoric acid groups is 1. The summed E-state index contributed by atoms with van der Waals surface area (Å²) in [5, 5.41) is 0. The van der Waals surface area contributed by atoms with Gasteiger partial charge in [0.2, 0.25) is 0 Å². The Morgan fingerprint density at radius 2 is 0.982 bits per heavy atom. The first-order valence-corrected chi connectivity index (χ1v) is 23.4. The molecule has 56 heavy (non-hydrogen) atoms. The van der Waals surface area contributed by atoms with Gasteiger partial charge in [0.15, 0.2) is 6.10 Å². The zero-order chi connectivity index (χ0) is 41.1. The van der Waals surface area contributed by atoms with Crippen LogP contribution in [0, 0.1) is 0 Å². The molecule has 0 radical (unpaired) electrons. The van der Waals surface area contributed by atoms with Crippen molar-refractivity contribution in [2.75, 3.05) is 26.4 Å². The summed E-state index contributed by atoms with van der Waals surface area (Å²) in [6, 6.07) is 0. The maximum Gasteiger partial charge on any atom is 0.472 e. The Morgan fingerprint density at radius 1 is 0.554 bits per heavy atom. The van der Waals surface area contributed by atoms with Crippen LogP contribution in [-0.2, 0) is 32.7 Å². The minimum atomic E-state index is -4.39. The third-order valence-electron chi connectivity index (χ3n) is 8.83. The second-order valence-electron chi connectivity index (χ2n) is 14.2. The number of allylic oxidation sites excluding steroid dienone is 12. The number of hydrogen-bond donors (Lipinski definition) is 2. The molecule has 0 saturated carbocycles. The first kappa shape index (κ1) is 53.5. The molecular weight excluding hydrogens is 725 g/mol. The van der Waals surface area contributed by atoms with Gasteiger partial charge in [-0.1, -0.05) is 151 Å². The van der Waals surface area contributed by atoms with Crippen molar-refractivity contribution in [3.05, 3.63) is 72.9 Å². The van der Waals surface area contributed by atoms with Gasteiger partial charge < -0.3 is 20.1 Å². The van der Waals surface area contributed by atoms with Crippen LogP contribution < -0.4 is 5.73 Å². The van der Waals surface area contributed by atoms with Crippen LogP contribution in [0.5, 0.6) is 0 Å². The van der Waals surface area contributed by atoms with Crippen LogP contribution in [0.3, 0.4) is 0 Å². The van der Waals surface area contributed by atoms with Crippen molar-refractivity contribution < 1.29 is 37.6 Å². The molecule has 0 heterocycles. The first-order chi connectivity index (χ1) is 27.3. The highest BCUT2D eigenvalue weighted by Gasteiger charge is 2.26. The summed E-state index contributed by atoms with van der Waals surface area (Å²) < 4.78 is 32.8. The van der Waals surface area contributed by atoms with Crippen LogP contribution >= 0.6 is 7.82 Å². The molecule has 0 spiro atoms. The van der Waals surface area contributed by atoms with Crippen molar-refractivity contribution in [1.29, 1.82) is 0 Å². The number of unbranched alkanes of at least 4 members (excludes halogenated alkanes) is 15. The van der Waals surface area contributed by atoms with Crippen molar-refractivity contribution >= 4 is 19.8 Å². The lowest BCUT2D eigenvalue weighted by atomic mass is 10.1. The predicted octanol–water partition coefficient (Wildman–Crippen LogP) is 12.7. The van der Waals surface area contributed by atoms with E-state index in [9.17, 15) is 19.0 Å². The van der Waals surface area contributed by atoms with Crippen molar-refractivity contribution in [2.45, 2.75) is 180 Å². The van der Waals surface area contributed by atoms with Gasteiger partial charge >= 0.3 is 19.8 Å². The summed E-state index contributed by atoms with van der Waals surface area (Å²) in [4.78, 5) is 34.9. The molecule has 0 saturated heterocycles. The van der Waals surface area contributed by atoms with E-state index in [-0.39, 0.29) is 32.6 Å². The fourth-order valence-electron chi connectivity index (χ4n) is 5.60. The van der Waals surface area contributed by atoms with Gasteiger partial charge in [0.1, 0.15) is 6.61 Å². The number of ether oxygens (including phenoxy) is 2. The second-order valence-corrected chi connectivity index (χ2v) is 15.6. The molecule has 0 amide bonds. The fourth-order valence-corrected chi connectivity index (χ4v) is 6.36. The largest absolute Gasteiger partial charge is 0.472 e. The number of phosphoric ester groups is 1. The Bertz CT molecular complexity index is 1150. The molecule has 0 aliphatic carbocycles. The predicted molar refractivity (Wildman–Crippen MR) is 233 cm³/mol. The molecule has 0 aliphatic rings. The van der Waals surface area contributed by atoms with E-state index in [1.165, 1.54) is 32.1 Å². The minimum absolute atomic E-state index is 0.0451. The molecule has 0 fully saturated rings. The average molecular weight is 806 g/mol. The van der Waals surface area contributed by atoms with Crippen LogP contribution in [-0.4, -0.2) is 49.3 Å². The third kappa shape index (κ3) is 41.1. The molecule has 9 nitrogen and oxygen atoms in total. The monoisotopic (exact) mass is 806 g/mol. The van der Waals surface area contributed by atoms with Crippen LogP contribution in [0.2, 0.25) is 0 Å². The molecular formula is C46H80NO8P. The van der Waals surface area contributed by atoms with E-state index in [2.05, 4.69) is 86.8 Å². The standard InChI is InChI=1S/C46H80NO8P/c1-3-5-7-9-11-13-15-17-19-21-22-23-25-27-29-31-33-35-37-39-46(49)55-44(43-54-56(50,51)53-41-40-47)42-52-45(48)38-36-34-32-30-28-26-24-20-18-16-14-12-10-8-6-4-2/h5,7,11,13-14,16-17,19-20,22-24,44H,3-4,6,8-10,12,15,18,21,25-43,47H2,1-2H3,(H,50,51)/b7-5-,13-11-,16-14-,19-17-,23-22-,24-20-. The molecule has 0 aromatic rings. The van der Waals surface area contributed by atoms with Crippen molar-refractivity contribution in [1.82, 2.24) is 0 Å². The van der Waals surface area contributed by atoms with Gasteiger partial charge in [-0.3, -0.25) is 18.6 Å². The van der Waals surface area contributed by atoms with Crippen LogP contribution in [0.4, 0.5) is 0 Å². The zero-order valence-electron chi connectivity index (χ0n) is 35.3. The Hall–Kier alpha value is -2.55. The maximum absolute atomic E-state index is 12.6. The normalized spacial score (nSPS) is 14.0. The van der Waals surface area contributed by atoms with Crippen LogP contribution in [0.1, 0.15) is 174 Å². The van der Waals surface area contributed by atoms with E-state index in [0.29, 0.717) is 12.8 Å². The SMILES string of the molecule is CC/C=C\C/C=C\C/C=C\C/C=C\CCCCCCCCC(=O)OC(COC(=O)CCCCCCC/C=C\C/C=C\CCCCCC)COP(=O)(O)OCCN. The minimum Gasteiger partial charge on any atom is -0.462 e. The fraction of sp³-hybridized carbons (Fsp3) is 0.696. The lowest BCUT2D eigenvalue weighted by Crippen LogP contribution is -2.29. The first-order valence-electron chi connectivity index (χ1n) is 21.9. The highest BCUT2D eigenvalue weighted by atomic mass is 31.2. The van der Waals surface area contributed by atoms with Crippen molar-refractivity contribution in [3.8, 4) is 0 Å². The van der Waals surface area contributed by atoms with Gasteiger partial charge in [-0.15, -0.1) is 0 Å². The lowest BCUT2D eigenvalue weighted by molar-refractivity contribution is -0.161. The molecule has 0 rings (SSSR count). The van der Waals surface area contributed by atoms with Gasteiger partial charge in [-0.05, 0) is 83.5 Å². The molecule has 0 aromatic heterocycles. The molecule has 2 atom stereocenters. The summed E-state index contributed by atoms with van der Waals surface area (Å²) in [6.07, 6.45) is 50.7. The average Bonchev–Trinajstić information content (AvgIpc) is 3.18. The van der Waals surface area contributed by atoms with Gasteiger partial charge in [0.05, 0.1) is 13.2 Å². The van der Waals surface area contributed by atoms with E-state index in [1.54, 1.807) is 0 Å². The van der Waals surface area contributed by atoms with Crippen molar-refractivity contribution in [2.24, 2.45) is 5.73 Å². The lowest BCUT2D eigenvalue weighted by Gasteiger charge is -2.19. The summed E-state index contributed by atoms with van der Waals surface area (Å²) in [6.45, 7) is 3.56. The van der Waals surface area contributed by atoms with E-state index in [4.69, 9.17) is 24.3 Å². The van der Waals surface area contributed by atoms with E-state index >= 15 is 0 Å². The number of esters is 2. The number of rotatable bonds is 40. The van der Waals surface area contributed by atoms with Gasteiger partial charge in [-0.25, -0.2) is 4.57 Å². The summed E-state index contributed by atoms with van der Waals surface area (Å²) >= 11 is 0. The highest BCUT2D eigenvalue weighted by molar-refractivity contribution is 7.47. The van der Waals surface area contributed by atoms with Gasteiger partial charge in [-0.2, -0.15) is 0 Å².